The maximum atomic E-state index is 12.5. The van der Waals surface area contributed by atoms with E-state index in [1.54, 1.807) is 23.2 Å². The van der Waals surface area contributed by atoms with E-state index in [1.165, 1.54) is 12.4 Å². The van der Waals surface area contributed by atoms with E-state index in [9.17, 15) is 9.90 Å². The number of rotatable bonds is 4. The number of H-pyrrole nitrogens is 1. The number of anilines is 2. The third kappa shape index (κ3) is 3.64. The molecule has 2 atom stereocenters. The second-order valence-electron chi connectivity index (χ2n) is 7.63. The zero-order valence-corrected chi connectivity index (χ0v) is 19.0. The maximum Gasteiger partial charge on any atom is 0.194 e. The van der Waals surface area contributed by atoms with Crippen molar-refractivity contribution in [1.82, 2.24) is 15.0 Å². The molecule has 0 radical (unpaired) electrons. The van der Waals surface area contributed by atoms with Gasteiger partial charge in [0.2, 0.25) is 0 Å². The van der Waals surface area contributed by atoms with Gasteiger partial charge in [0.15, 0.2) is 11.7 Å². The van der Waals surface area contributed by atoms with E-state index in [1.807, 2.05) is 43.3 Å². The Morgan fingerprint density at radius 2 is 1.88 bits per heavy atom. The van der Waals surface area contributed by atoms with Crippen LogP contribution in [-0.4, -0.2) is 26.1 Å². The summed E-state index contributed by atoms with van der Waals surface area (Å²) in [6.07, 6.45) is 1.85. The Balaban J connectivity index is 1.67. The molecule has 33 heavy (non-hydrogen) atoms. The number of aliphatic hydroxyl groups is 1. The molecule has 0 saturated heterocycles. The Kier molecular flexibility index (Phi) is 5.54. The number of aliphatic hydroxyl groups excluding tert-OH is 1. The van der Waals surface area contributed by atoms with Crippen LogP contribution in [-0.2, 0) is 0 Å². The smallest absolute Gasteiger partial charge is 0.194 e. The van der Waals surface area contributed by atoms with E-state index >= 15 is 0 Å². The molecule has 3 N–H and O–H groups in total. The zero-order valence-electron chi connectivity index (χ0n) is 17.5. The first-order valence-corrected chi connectivity index (χ1v) is 11.0. The topological polar surface area (TPSA) is 94.1 Å². The Hall–Kier alpha value is -3.39. The molecule has 2 aromatic carbocycles. The molecule has 4 aromatic rings. The van der Waals surface area contributed by atoms with Crippen LogP contribution in [0.15, 0.2) is 77.6 Å². The van der Waals surface area contributed by atoms with Crippen LogP contribution >= 0.6 is 23.2 Å². The second-order valence-corrected chi connectivity index (χ2v) is 8.42. The van der Waals surface area contributed by atoms with Gasteiger partial charge in [-0.05, 0) is 25.1 Å². The standard InChI is InChI=1S/C24H19Cl2N5O2/c1-13(30-23-19-17(32)10-11-27-22(19)28-12-29-23)21-20(26)15-8-5-9-16(25)18(15)24(33)31(21)14-6-3-2-4-7-14/h2-13,24,33H,1H3,(H2,27,28,29,30,32)/t13-,24?/m0/s1. The Bertz CT molecular complexity index is 1430. The van der Waals surface area contributed by atoms with Gasteiger partial charge in [0, 0.05) is 34.1 Å². The quantitative estimate of drug-likeness (QED) is 0.385. The fourth-order valence-electron chi connectivity index (χ4n) is 4.15. The third-order valence-electron chi connectivity index (χ3n) is 5.62. The second kappa shape index (κ2) is 8.51. The van der Waals surface area contributed by atoms with Gasteiger partial charge in [0.05, 0.1) is 16.8 Å². The Morgan fingerprint density at radius 1 is 1.09 bits per heavy atom. The maximum absolute atomic E-state index is 12.5. The summed E-state index contributed by atoms with van der Waals surface area (Å²) in [6.45, 7) is 1.89. The molecule has 3 heterocycles. The number of pyridine rings is 1. The predicted octanol–water partition coefficient (Wildman–Crippen LogP) is 4.89. The summed E-state index contributed by atoms with van der Waals surface area (Å²) in [5.41, 5.74) is 2.76. The zero-order chi connectivity index (χ0) is 23.1. The SMILES string of the molecule is C[C@H](Nc1ncnc2[nH]ccc(=O)c12)C1=C(Cl)c2cccc(Cl)c2C(O)N1c1ccccc1. The van der Waals surface area contributed by atoms with Crippen molar-refractivity contribution in [2.45, 2.75) is 19.2 Å². The molecule has 7 nitrogen and oxygen atoms in total. The minimum absolute atomic E-state index is 0.208. The first-order chi connectivity index (χ1) is 16.0. The number of aromatic nitrogens is 3. The van der Waals surface area contributed by atoms with Gasteiger partial charge in [-0.1, -0.05) is 53.5 Å². The van der Waals surface area contributed by atoms with Crippen molar-refractivity contribution >= 4 is 50.8 Å². The lowest BCUT2D eigenvalue weighted by molar-refractivity contribution is 0.177. The first-order valence-electron chi connectivity index (χ1n) is 10.3. The van der Waals surface area contributed by atoms with E-state index in [0.29, 0.717) is 43.7 Å². The molecule has 0 bridgehead atoms. The highest BCUT2D eigenvalue weighted by molar-refractivity contribution is 6.50. The van der Waals surface area contributed by atoms with Crippen molar-refractivity contribution in [1.29, 1.82) is 0 Å². The lowest BCUT2D eigenvalue weighted by atomic mass is 9.96. The number of halogens is 2. The largest absolute Gasteiger partial charge is 0.369 e. The number of fused-ring (bicyclic) bond motifs is 2. The van der Waals surface area contributed by atoms with Crippen LogP contribution in [0.25, 0.3) is 16.1 Å². The lowest BCUT2D eigenvalue weighted by Crippen LogP contribution is -2.39. The van der Waals surface area contributed by atoms with Crippen LogP contribution in [0.2, 0.25) is 5.02 Å². The number of nitrogens with one attached hydrogen (secondary N) is 2. The summed E-state index contributed by atoms with van der Waals surface area (Å²) in [5, 5.41) is 15.9. The number of hydrogen-bond acceptors (Lipinski definition) is 6. The minimum atomic E-state index is -1.07. The highest BCUT2D eigenvalue weighted by Crippen LogP contribution is 2.46. The van der Waals surface area contributed by atoms with Crippen LogP contribution in [0.4, 0.5) is 11.5 Å². The van der Waals surface area contributed by atoms with Crippen molar-refractivity contribution in [2.75, 3.05) is 10.2 Å². The average Bonchev–Trinajstić information content (AvgIpc) is 2.81. The number of hydrogen-bond donors (Lipinski definition) is 3. The van der Waals surface area contributed by atoms with E-state index in [-0.39, 0.29) is 5.43 Å². The minimum Gasteiger partial charge on any atom is -0.369 e. The highest BCUT2D eigenvalue weighted by Gasteiger charge is 2.36. The molecule has 0 amide bonds. The summed E-state index contributed by atoms with van der Waals surface area (Å²) in [5.74, 6) is 0.366. The Morgan fingerprint density at radius 3 is 2.67 bits per heavy atom. The molecule has 0 spiro atoms. The molecule has 2 aromatic heterocycles. The van der Waals surface area contributed by atoms with Crippen molar-refractivity contribution in [3.8, 4) is 0 Å². The highest BCUT2D eigenvalue weighted by atomic mass is 35.5. The summed E-state index contributed by atoms with van der Waals surface area (Å²) >= 11 is 13.4. The fraction of sp³-hybridized carbons (Fsp3) is 0.125. The molecule has 0 fully saturated rings. The van der Waals surface area contributed by atoms with Crippen LogP contribution in [0, 0.1) is 0 Å². The van der Waals surface area contributed by atoms with E-state index < -0.39 is 12.3 Å². The number of aromatic amines is 1. The molecule has 0 aliphatic carbocycles. The number of nitrogens with zero attached hydrogens (tertiary/aromatic N) is 3. The monoisotopic (exact) mass is 479 g/mol. The summed E-state index contributed by atoms with van der Waals surface area (Å²) < 4.78 is 0. The normalized spacial score (nSPS) is 16.6. The summed E-state index contributed by atoms with van der Waals surface area (Å²) in [7, 11) is 0. The van der Waals surface area contributed by atoms with Gasteiger partial charge in [-0.2, -0.15) is 0 Å². The molecular formula is C24H19Cl2N5O2. The molecular weight excluding hydrogens is 461 g/mol. The molecule has 1 aliphatic heterocycles. The van der Waals surface area contributed by atoms with E-state index in [4.69, 9.17) is 23.2 Å². The number of benzene rings is 2. The van der Waals surface area contributed by atoms with Gasteiger partial charge in [0.25, 0.3) is 0 Å². The summed E-state index contributed by atoms with van der Waals surface area (Å²) in [4.78, 5) is 25.7. The van der Waals surface area contributed by atoms with Gasteiger partial charge < -0.3 is 20.3 Å². The van der Waals surface area contributed by atoms with Gasteiger partial charge in [0.1, 0.15) is 23.2 Å². The third-order valence-corrected chi connectivity index (χ3v) is 6.35. The fourth-order valence-corrected chi connectivity index (χ4v) is 4.85. The van der Waals surface area contributed by atoms with E-state index in [2.05, 4.69) is 20.3 Å². The Labute approximate surface area is 199 Å². The van der Waals surface area contributed by atoms with Gasteiger partial charge in [-0.25, -0.2) is 9.97 Å². The van der Waals surface area contributed by atoms with Gasteiger partial charge >= 0.3 is 0 Å². The van der Waals surface area contributed by atoms with E-state index in [0.717, 1.165) is 5.69 Å². The van der Waals surface area contributed by atoms with Crippen molar-refractivity contribution < 1.29 is 5.11 Å². The van der Waals surface area contributed by atoms with Crippen molar-refractivity contribution in [3.63, 3.8) is 0 Å². The molecule has 166 valence electrons. The molecule has 0 saturated carbocycles. The van der Waals surface area contributed by atoms with Crippen LogP contribution in [0.1, 0.15) is 24.3 Å². The number of para-hydroxylation sites is 1. The van der Waals surface area contributed by atoms with Gasteiger partial charge in [-0.15, -0.1) is 0 Å². The lowest BCUT2D eigenvalue weighted by Gasteiger charge is -2.40. The van der Waals surface area contributed by atoms with Crippen LogP contribution in [0.3, 0.4) is 0 Å². The first kappa shape index (κ1) is 21.5. The van der Waals surface area contributed by atoms with Crippen molar-refractivity contribution in [2.24, 2.45) is 0 Å². The van der Waals surface area contributed by atoms with Crippen molar-refractivity contribution in [3.05, 3.63) is 99.2 Å². The predicted molar refractivity (Wildman–Crippen MR) is 131 cm³/mol. The average molecular weight is 480 g/mol. The molecule has 1 aliphatic rings. The molecule has 5 rings (SSSR count). The van der Waals surface area contributed by atoms with Crippen LogP contribution in [0.5, 0.6) is 0 Å². The molecule has 1 unspecified atom stereocenters. The summed E-state index contributed by atoms with van der Waals surface area (Å²) in [6, 6.07) is 15.7. The molecule has 9 heteroatoms. The van der Waals surface area contributed by atoms with Gasteiger partial charge in [-0.3, -0.25) is 4.79 Å². The van der Waals surface area contributed by atoms with Crippen LogP contribution < -0.4 is 15.6 Å².